The Hall–Kier alpha value is -0.530. The summed E-state index contributed by atoms with van der Waals surface area (Å²) in [6.07, 6.45) is 1.54. The molecule has 0 amide bonds. The van der Waals surface area contributed by atoms with E-state index in [2.05, 4.69) is 34.6 Å². The third-order valence-electron chi connectivity index (χ3n) is 2.84. The van der Waals surface area contributed by atoms with Crippen LogP contribution >= 0.6 is 0 Å². The second-order valence-electron chi connectivity index (χ2n) is 5.13. The van der Waals surface area contributed by atoms with Gasteiger partial charge in [-0.2, -0.15) is 0 Å². The highest BCUT2D eigenvalue weighted by Crippen LogP contribution is 2.25. The highest BCUT2D eigenvalue weighted by atomic mass is 16.5. The Morgan fingerprint density at radius 1 is 1.29 bits per heavy atom. The van der Waals surface area contributed by atoms with Gasteiger partial charge in [-0.05, 0) is 18.3 Å². The lowest BCUT2D eigenvalue weighted by Gasteiger charge is -2.23. The number of hydrogen-bond donors (Lipinski definition) is 0. The van der Waals surface area contributed by atoms with Gasteiger partial charge in [0.25, 0.3) is 0 Å². The van der Waals surface area contributed by atoms with Crippen LogP contribution in [0.5, 0.6) is 0 Å². The summed E-state index contributed by atoms with van der Waals surface area (Å²) in [7, 11) is 0. The molecule has 0 aliphatic carbocycles. The molecular weight excluding hydrogens is 176 g/mol. The van der Waals surface area contributed by atoms with Crippen LogP contribution in [0.3, 0.4) is 0 Å². The largest absolute Gasteiger partial charge is 0.462 e. The van der Waals surface area contributed by atoms with Gasteiger partial charge >= 0.3 is 5.97 Å². The molecule has 14 heavy (non-hydrogen) atoms. The van der Waals surface area contributed by atoms with Crippen molar-refractivity contribution in [3.8, 4) is 0 Å². The van der Waals surface area contributed by atoms with Gasteiger partial charge in [-0.15, -0.1) is 0 Å². The van der Waals surface area contributed by atoms with Crippen molar-refractivity contribution in [3.63, 3.8) is 0 Å². The van der Waals surface area contributed by atoms with Gasteiger partial charge in [-0.1, -0.05) is 41.0 Å². The summed E-state index contributed by atoms with van der Waals surface area (Å²) in [6, 6.07) is 0. The second kappa shape index (κ2) is 5.38. The van der Waals surface area contributed by atoms with E-state index >= 15 is 0 Å². The Morgan fingerprint density at radius 2 is 1.79 bits per heavy atom. The monoisotopic (exact) mass is 200 g/mol. The number of ether oxygens (including phenoxy) is 1. The van der Waals surface area contributed by atoms with Gasteiger partial charge in [0.15, 0.2) is 0 Å². The maximum absolute atomic E-state index is 11.5. The van der Waals surface area contributed by atoms with Crippen LogP contribution in [-0.4, -0.2) is 12.1 Å². The van der Waals surface area contributed by atoms with Crippen LogP contribution in [0.2, 0.25) is 0 Å². The van der Waals surface area contributed by atoms with Gasteiger partial charge < -0.3 is 4.74 Å². The Bertz CT molecular complexity index is 183. The van der Waals surface area contributed by atoms with Gasteiger partial charge in [0.2, 0.25) is 0 Å². The number of hydrogen-bond acceptors (Lipinski definition) is 2. The van der Waals surface area contributed by atoms with Gasteiger partial charge in [-0.25, -0.2) is 0 Å². The van der Waals surface area contributed by atoms with Crippen molar-refractivity contribution in [1.29, 1.82) is 0 Å². The van der Waals surface area contributed by atoms with Crippen molar-refractivity contribution in [2.24, 2.45) is 11.3 Å². The summed E-state index contributed by atoms with van der Waals surface area (Å²) >= 11 is 0. The maximum Gasteiger partial charge on any atom is 0.306 e. The summed E-state index contributed by atoms with van der Waals surface area (Å²) in [4.78, 5) is 11.5. The summed E-state index contributed by atoms with van der Waals surface area (Å²) in [5, 5.41) is 0. The zero-order chi connectivity index (χ0) is 11.4. The summed E-state index contributed by atoms with van der Waals surface area (Å²) in [5.74, 6) is 0.321. The standard InChI is InChI=1S/C12H24O2/c1-7-12(5,6)8-11(13)14-10(4)9(2)3/h9-10H,7-8H2,1-6H3. The van der Waals surface area contributed by atoms with Crippen LogP contribution < -0.4 is 0 Å². The molecule has 0 fully saturated rings. The molecule has 0 aromatic rings. The Kier molecular flexibility index (Phi) is 5.17. The van der Waals surface area contributed by atoms with E-state index in [-0.39, 0.29) is 17.5 Å². The first kappa shape index (κ1) is 13.5. The van der Waals surface area contributed by atoms with Crippen molar-refractivity contribution in [3.05, 3.63) is 0 Å². The number of rotatable bonds is 5. The van der Waals surface area contributed by atoms with Crippen molar-refractivity contribution in [1.82, 2.24) is 0 Å². The minimum Gasteiger partial charge on any atom is -0.462 e. The fourth-order valence-electron chi connectivity index (χ4n) is 0.901. The molecule has 0 aliphatic heterocycles. The predicted molar refractivity (Wildman–Crippen MR) is 59.1 cm³/mol. The van der Waals surface area contributed by atoms with Crippen molar-refractivity contribution < 1.29 is 9.53 Å². The molecule has 0 spiro atoms. The predicted octanol–water partition coefficient (Wildman–Crippen LogP) is 3.40. The average Bonchev–Trinajstić information content (AvgIpc) is 2.02. The third kappa shape index (κ3) is 5.25. The summed E-state index contributed by atoms with van der Waals surface area (Å²) in [6.45, 7) is 12.3. The third-order valence-corrected chi connectivity index (χ3v) is 2.84. The molecule has 0 bridgehead atoms. The second-order valence-corrected chi connectivity index (χ2v) is 5.13. The lowest BCUT2D eigenvalue weighted by atomic mass is 9.87. The lowest BCUT2D eigenvalue weighted by Crippen LogP contribution is -2.24. The lowest BCUT2D eigenvalue weighted by molar-refractivity contribution is -0.152. The maximum atomic E-state index is 11.5. The average molecular weight is 200 g/mol. The molecule has 84 valence electrons. The Morgan fingerprint density at radius 3 is 2.14 bits per heavy atom. The first-order chi connectivity index (χ1) is 6.28. The first-order valence-electron chi connectivity index (χ1n) is 5.48. The van der Waals surface area contributed by atoms with Crippen LogP contribution in [0.1, 0.15) is 54.4 Å². The van der Waals surface area contributed by atoms with Gasteiger partial charge in [0.05, 0.1) is 6.42 Å². The van der Waals surface area contributed by atoms with Crippen molar-refractivity contribution in [2.45, 2.75) is 60.5 Å². The van der Waals surface area contributed by atoms with Crippen LogP contribution in [0.4, 0.5) is 0 Å². The minimum absolute atomic E-state index is 0.0233. The van der Waals surface area contributed by atoms with Crippen LogP contribution in [0.15, 0.2) is 0 Å². The van der Waals surface area contributed by atoms with E-state index in [0.29, 0.717) is 12.3 Å². The molecule has 2 heteroatoms. The van der Waals surface area contributed by atoms with Crippen LogP contribution in [-0.2, 0) is 9.53 Å². The molecule has 0 aromatic heterocycles. The zero-order valence-electron chi connectivity index (χ0n) is 10.4. The molecule has 0 saturated carbocycles. The molecule has 0 saturated heterocycles. The highest BCUT2D eigenvalue weighted by Gasteiger charge is 2.22. The minimum atomic E-state index is -0.0713. The smallest absolute Gasteiger partial charge is 0.306 e. The van der Waals surface area contributed by atoms with E-state index in [4.69, 9.17) is 4.74 Å². The van der Waals surface area contributed by atoms with Crippen LogP contribution in [0.25, 0.3) is 0 Å². The molecule has 0 N–H and O–H groups in total. The summed E-state index contributed by atoms with van der Waals surface area (Å²) < 4.78 is 5.31. The fraction of sp³-hybridized carbons (Fsp3) is 0.917. The zero-order valence-corrected chi connectivity index (χ0v) is 10.4. The SMILES string of the molecule is CCC(C)(C)CC(=O)OC(C)C(C)C. The molecule has 1 atom stereocenters. The van der Waals surface area contributed by atoms with Gasteiger partial charge in [0.1, 0.15) is 6.10 Å². The molecule has 0 radical (unpaired) electrons. The van der Waals surface area contributed by atoms with Gasteiger partial charge in [0, 0.05) is 0 Å². The van der Waals surface area contributed by atoms with E-state index in [0.717, 1.165) is 6.42 Å². The molecule has 0 heterocycles. The van der Waals surface area contributed by atoms with Crippen molar-refractivity contribution >= 4 is 5.97 Å². The van der Waals surface area contributed by atoms with E-state index in [1.165, 1.54) is 0 Å². The topological polar surface area (TPSA) is 26.3 Å². The van der Waals surface area contributed by atoms with Gasteiger partial charge in [-0.3, -0.25) is 4.79 Å². The number of esters is 1. The Balaban J connectivity index is 3.99. The molecular formula is C12H24O2. The molecule has 2 nitrogen and oxygen atoms in total. The van der Waals surface area contributed by atoms with E-state index in [1.54, 1.807) is 0 Å². The molecule has 0 aliphatic rings. The normalized spacial score (nSPS) is 14.2. The quantitative estimate of drug-likeness (QED) is 0.636. The molecule has 1 unspecified atom stereocenters. The van der Waals surface area contributed by atoms with Crippen molar-refractivity contribution in [2.75, 3.05) is 0 Å². The molecule has 0 rings (SSSR count). The van der Waals surface area contributed by atoms with E-state index < -0.39 is 0 Å². The fourth-order valence-corrected chi connectivity index (χ4v) is 0.901. The van der Waals surface area contributed by atoms with E-state index in [9.17, 15) is 4.79 Å². The summed E-state index contributed by atoms with van der Waals surface area (Å²) in [5.41, 5.74) is 0.0633. The first-order valence-corrected chi connectivity index (χ1v) is 5.48. The number of carbonyl (C=O) groups is 1. The van der Waals surface area contributed by atoms with E-state index in [1.807, 2.05) is 6.92 Å². The molecule has 0 aromatic carbocycles. The highest BCUT2D eigenvalue weighted by molar-refractivity contribution is 5.70. The number of carbonyl (C=O) groups excluding carboxylic acids is 1. The Labute approximate surface area is 88.0 Å². The van der Waals surface area contributed by atoms with Crippen LogP contribution in [0, 0.1) is 11.3 Å².